The van der Waals surface area contributed by atoms with Gasteiger partial charge in [-0.25, -0.2) is 0 Å². The number of hydrogen-bond acceptors (Lipinski definition) is 6. The number of carbonyl (C=O) groups excluding carboxylic acids is 3. The summed E-state index contributed by atoms with van der Waals surface area (Å²) in [7, 11) is 0. The second-order valence-corrected chi connectivity index (χ2v) is 16.7. The number of unbranched alkanes of at least 4 members (excludes halogenated alkanes) is 32. The quantitative estimate of drug-likeness (QED) is 0.0264. The number of esters is 3. The zero-order valence-corrected chi connectivity index (χ0v) is 37.7. The molecule has 330 valence electrons. The minimum Gasteiger partial charge on any atom is -0.462 e. The van der Waals surface area contributed by atoms with Gasteiger partial charge in [0.1, 0.15) is 13.2 Å². The average Bonchev–Trinajstić information content (AvgIpc) is 3.19. The number of rotatable bonds is 45. The van der Waals surface area contributed by atoms with Crippen LogP contribution in [0.5, 0.6) is 0 Å². The lowest BCUT2D eigenvalue weighted by atomic mass is 10.0. The molecule has 0 aliphatic heterocycles. The Morgan fingerprint density at radius 3 is 0.946 bits per heavy atom. The molecule has 0 rings (SSSR count). The van der Waals surface area contributed by atoms with Crippen LogP contribution in [-0.2, 0) is 28.6 Å². The van der Waals surface area contributed by atoms with E-state index in [1.165, 1.54) is 167 Å². The summed E-state index contributed by atoms with van der Waals surface area (Å²) in [6, 6.07) is 0. The zero-order valence-electron chi connectivity index (χ0n) is 37.7. The molecule has 0 saturated heterocycles. The SMILES string of the molecule is CCCC/C=C\CCCCCCCC(=O)OC[C@H](COC(=O)CCCCCCCCCCCCCC)OC(=O)CCCCCCCCCCCCCCCCC. The molecule has 0 saturated carbocycles. The topological polar surface area (TPSA) is 78.9 Å². The van der Waals surface area contributed by atoms with Crippen LogP contribution in [0.2, 0.25) is 0 Å². The number of hydrogen-bond donors (Lipinski definition) is 0. The van der Waals surface area contributed by atoms with Crippen LogP contribution in [0.15, 0.2) is 12.2 Å². The third-order valence-corrected chi connectivity index (χ3v) is 11.0. The van der Waals surface area contributed by atoms with Gasteiger partial charge in [0.2, 0.25) is 0 Å². The number of ether oxygens (including phenoxy) is 3. The largest absolute Gasteiger partial charge is 0.462 e. The molecule has 56 heavy (non-hydrogen) atoms. The lowest BCUT2D eigenvalue weighted by Gasteiger charge is -2.18. The van der Waals surface area contributed by atoms with Crippen molar-refractivity contribution in [2.45, 2.75) is 277 Å². The first-order chi connectivity index (χ1) is 27.5. The summed E-state index contributed by atoms with van der Waals surface area (Å²) in [6.45, 7) is 6.61. The Hall–Kier alpha value is -1.85. The molecule has 0 aromatic rings. The first-order valence-corrected chi connectivity index (χ1v) is 24.7. The van der Waals surface area contributed by atoms with E-state index in [-0.39, 0.29) is 31.1 Å². The Balaban J connectivity index is 4.32. The normalized spacial score (nSPS) is 12.0. The molecule has 0 aliphatic carbocycles. The van der Waals surface area contributed by atoms with Crippen molar-refractivity contribution in [3.05, 3.63) is 12.2 Å². The van der Waals surface area contributed by atoms with Gasteiger partial charge in [0, 0.05) is 19.3 Å². The van der Waals surface area contributed by atoms with Crippen molar-refractivity contribution in [3.63, 3.8) is 0 Å². The molecule has 6 heteroatoms. The number of carbonyl (C=O) groups is 3. The lowest BCUT2D eigenvalue weighted by molar-refractivity contribution is -0.167. The predicted molar refractivity (Wildman–Crippen MR) is 238 cm³/mol. The third-order valence-electron chi connectivity index (χ3n) is 11.0. The van der Waals surface area contributed by atoms with Crippen LogP contribution in [0, 0.1) is 0 Å². The summed E-state index contributed by atoms with van der Waals surface area (Å²) in [5, 5.41) is 0. The second-order valence-electron chi connectivity index (χ2n) is 16.7. The van der Waals surface area contributed by atoms with Crippen molar-refractivity contribution in [2.75, 3.05) is 13.2 Å². The van der Waals surface area contributed by atoms with Crippen molar-refractivity contribution in [1.82, 2.24) is 0 Å². The molecule has 0 aromatic carbocycles. The average molecular weight is 791 g/mol. The molecule has 6 nitrogen and oxygen atoms in total. The highest BCUT2D eigenvalue weighted by Crippen LogP contribution is 2.16. The van der Waals surface area contributed by atoms with Gasteiger partial charge in [-0.3, -0.25) is 14.4 Å². The standard InChI is InChI=1S/C50H94O6/c1-4-7-10-13-16-19-22-24-25-26-29-32-35-38-41-44-50(53)56-47(45-54-48(51)42-39-36-33-30-27-21-18-15-12-9-6-3)46-55-49(52)43-40-37-34-31-28-23-20-17-14-11-8-5-2/h15,18,47H,4-14,16-17,19-46H2,1-3H3/b18-15-/t47-/m1/s1. The Morgan fingerprint density at radius 1 is 0.339 bits per heavy atom. The Kier molecular flexibility index (Phi) is 44.3. The van der Waals surface area contributed by atoms with E-state index in [1.807, 2.05) is 0 Å². The van der Waals surface area contributed by atoms with Gasteiger partial charge >= 0.3 is 17.9 Å². The van der Waals surface area contributed by atoms with Gasteiger partial charge < -0.3 is 14.2 Å². The Morgan fingerprint density at radius 2 is 0.607 bits per heavy atom. The highest BCUT2D eigenvalue weighted by molar-refractivity contribution is 5.71. The van der Waals surface area contributed by atoms with Gasteiger partial charge in [0.15, 0.2) is 6.10 Å². The molecule has 0 fully saturated rings. The summed E-state index contributed by atoms with van der Waals surface area (Å²) in [6.07, 6.45) is 49.0. The fourth-order valence-electron chi connectivity index (χ4n) is 7.25. The molecule has 0 bridgehead atoms. The second kappa shape index (κ2) is 45.8. The third kappa shape index (κ3) is 43.3. The smallest absolute Gasteiger partial charge is 0.306 e. The highest BCUT2D eigenvalue weighted by atomic mass is 16.6. The van der Waals surface area contributed by atoms with E-state index in [9.17, 15) is 14.4 Å². The van der Waals surface area contributed by atoms with Gasteiger partial charge in [-0.05, 0) is 38.5 Å². The van der Waals surface area contributed by atoms with Gasteiger partial charge in [0.25, 0.3) is 0 Å². The molecule has 0 N–H and O–H groups in total. The van der Waals surface area contributed by atoms with E-state index in [0.717, 1.165) is 64.2 Å². The van der Waals surface area contributed by atoms with Crippen LogP contribution < -0.4 is 0 Å². The van der Waals surface area contributed by atoms with Crippen LogP contribution in [0.1, 0.15) is 271 Å². The van der Waals surface area contributed by atoms with Gasteiger partial charge in [0.05, 0.1) is 0 Å². The summed E-state index contributed by atoms with van der Waals surface area (Å²) < 4.78 is 16.7. The summed E-state index contributed by atoms with van der Waals surface area (Å²) >= 11 is 0. The van der Waals surface area contributed by atoms with Crippen molar-refractivity contribution >= 4 is 17.9 Å². The fraction of sp³-hybridized carbons (Fsp3) is 0.900. The molecule has 0 unspecified atom stereocenters. The van der Waals surface area contributed by atoms with Crippen molar-refractivity contribution in [1.29, 1.82) is 0 Å². The fourth-order valence-corrected chi connectivity index (χ4v) is 7.25. The molecule has 0 spiro atoms. The Labute approximate surface area is 348 Å². The van der Waals surface area contributed by atoms with Gasteiger partial charge in [-0.1, -0.05) is 226 Å². The van der Waals surface area contributed by atoms with Crippen LogP contribution in [-0.4, -0.2) is 37.2 Å². The minimum atomic E-state index is -0.765. The molecule has 0 heterocycles. The molecule has 0 aromatic heterocycles. The van der Waals surface area contributed by atoms with Gasteiger partial charge in [-0.2, -0.15) is 0 Å². The zero-order chi connectivity index (χ0) is 40.8. The lowest BCUT2D eigenvalue weighted by Crippen LogP contribution is -2.30. The molecule has 0 aliphatic rings. The van der Waals surface area contributed by atoms with E-state index in [0.29, 0.717) is 19.3 Å². The number of allylic oxidation sites excluding steroid dienone is 2. The van der Waals surface area contributed by atoms with E-state index < -0.39 is 6.10 Å². The maximum atomic E-state index is 12.8. The summed E-state index contributed by atoms with van der Waals surface area (Å²) in [5.41, 5.74) is 0. The van der Waals surface area contributed by atoms with Crippen molar-refractivity contribution < 1.29 is 28.6 Å². The first kappa shape index (κ1) is 54.2. The van der Waals surface area contributed by atoms with Gasteiger partial charge in [-0.15, -0.1) is 0 Å². The molecular weight excluding hydrogens is 697 g/mol. The van der Waals surface area contributed by atoms with E-state index in [4.69, 9.17) is 14.2 Å². The summed E-state index contributed by atoms with van der Waals surface area (Å²) in [5.74, 6) is -0.864. The molecule has 1 atom stereocenters. The highest BCUT2D eigenvalue weighted by Gasteiger charge is 2.19. The molecule has 0 radical (unpaired) electrons. The van der Waals surface area contributed by atoms with Crippen LogP contribution >= 0.6 is 0 Å². The predicted octanol–water partition coefficient (Wildman–Crippen LogP) is 15.8. The van der Waals surface area contributed by atoms with Crippen molar-refractivity contribution in [2.24, 2.45) is 0 Å². The van der Waals surface area contributed by atoms with E-state index in [1.54, 1.807) is 0 Å². The van der Waals surface area contributed by atoms with Crippen molar-refractivity contribution in [3.8, 4) is 0 Å². The minimum absolute atomic E-state index is 0.0676. The monoisotopic (exact) mass is 791 g/mol. The van der Waals surface area contributed by atoms with E-state index >= 15 is 0 Å². The molecule has 0 amide bonds. The van der Waals surface area contributed by atoms with E-state index in [2.05, 4.69) is 32.9 Å². The van der Waals surface area contributed by atoms with Crippen LogP contribution in [0.3, 0.4) is 0 Å². The molecular formula is C50H94O6. The maximum absolute atomic E-state index is 12.8. The van der Waals surface area contributed by atoms with Crippen LogP contribution in [0.25, 0.3) is 0 Å². The summed E-state index contributed by atoms with van der Waals surface area (Å²) in [4.78, 5) is 37.8. The van der Waals surface area contributed by atoms with Crippen LogP contribution in [0.4, 0.5) is 0 Å². The maximum Gasteiger partial charge on any atom is 0.306 e. The first-order valence-electron chi connectivity index (χ1n) is 24.7. The Bertz CT molecular complexity index is 870.